The van der Waals surface area contributed by atoms with Gasteiger partial charge in [-0.25, -0.2) is 4.98 Å². The number of carbonyl (C=O) groups is 2. The number of benzene rings is 2. The molecule has 122 valence electrons. The lowest BCUT2D eigenvalue weighted by Crippen LogP contribution is -2.36. The van der Waals surface area contributed by atoms with Crippen molar-refractivity contribution in [2.45, 2.75) is 6.54 Å². The van der Waals surface area contributed by atoms with Gasteiger partial charge in [-0.3, -0.25) is 9.59 Å². The molecular weight excluding hydrogens is 372 g/mol. The first-order valence-corrected chi connectivity index (χ1v) is 8.15. The number of hydrogen-bond donors (Lipinski definition) is 3. The van der Waals surface area contributed by atoms with Crippen LogP contribution in [0.1, 0.15) is 16.2 Å². The predicted molar refractivity (Wildman–Crippen MR) is 94.4 cm³/mol. The third-order valence-electron chi connectivity index (χ3n) is 3.39. The van der Waals surface area contributed by atoms with Crippen LogP contribution in [0.25, 0.3) is 11.0 Å². The number of para-hydroxylation sites is 2. The minimum absolute atomic E-state index is 0.0917. The number of carbonyl (C=O) groups excluding carboxylic acids is 2. The minimum atomic E-state index is -0.296. The lowest BCUT2D eigenvalue weighted by molar-refractivity contribution is -0.120. The van der Waals surface area contributed by atoms with E-state index in [0.717, 1.165) is 15.5 Å². The Morgan fingerprint density at radius 1 is 1.08 bits per heavy atom. The number of fused-ring (bicyclic) bond motifs is 1. The molecule has 2 aromatic carbocycles. The van der Waals surface area contributed by atoms with Gasteiger partial charge in [0.2, 0.25) is 5.91 Å². The molecule has 0 unspecified atom stereocenters. The van der Waals surface area contributed by atoms with Gasteiger partial charge in [0.15, 0.2) is 0 Å². The largest absolute Gasteiger partial charge is 0.347 e. The topological polar surface area (TPSA) is 86.9 Å². The predicted octanol–water partition coefficient (Wildman–Crippen LogP) is 2.37. The Hall–Kier alpha value is -2.67. The third-order valence-corrected chi connectivity index (χ3v) is 3.88. The summed E-state index contributed by atoms with van der Waals surface area (Å²) >= 11 is 3.31. The Balaban J connectivity index is 1.49. The van der Waals surface area contributed by atoms with E-state index >= 15 is 0 Å². The number of halogens is 1. The van der Waals surface area contributed by atoms with Gasteiger partial charge in [0.1, 0.15) is 5.82 Å². The average molecular weight is 387 g/mol. The standard InChI is InChI=1S/C17H15BrN4O2/c18-12-5-3-4-11(8-12)17(24)20-10-16(23)19-9-15-21-13-6-1-2-7-14(13)22-15/h1-8H,9-10H2,(H,19,23)(H,20,24)(H,21,22). The summed E-state index contributed by atoms with van der Waals surface area (Å²) < 4.78 is 0.810. The quantitative estimate of drug-likeness (QED) is 0.628. The van der Waals surface area contributed by atoms with Gasteiger partial charge in [-0.15, -0.1) is 0 Å². The zero-order valence-electron chi connectivity index (χ0n) is 12.7. The number of aromatic nitrogens is 2. The summed E-state index contributed by atoms with van der Waals surface area (Å²) in [7, 11) is 0. The summed E-state index contributed by atoms with van der Waals surface area (Å²) in [6, 6.07) is 14.6. The highest BCUT2D eigenvalue weighted by Crippen LogP contribution is 2.11. The van der Waals surface area contributed by atoms with Gasteiger partial charge in [0.05, 0.1) is 24.1 Å². The van der Waals surface area contributed by atoms with Gasteiger partial charge in [-0.1, -0.05) is 34.1 Å². The smallest absolute Gasteiger partial charge is 0.251 e. The van der Waals surface area contributed by atoms with Crippen LogP contribution in [-0.4, -0.2) is 28.3 Å². The third kappa shape index (κ3) is 3.99. The van der Waals surface area contributed by atoms with Gasteiger partial charge in [-0.2, -0.15) is 0 Å². The Morgan fingerprint density at radius 2 is 1.92 bits per heavy atom. The van der Waals surface area contributed by atoms with Crippen LogP contribution in [-0.2, 0) is 11.3 Å². The molecule has 3 N–H and O–H groups in total. The second-order valence-electron chi connectivity index (χ2n) is 5.17. The second kappa shape index (κ2) is 7.27. The van der Waals surface area contributed by atoms with E-state index in [2.05, 4.69) is 36.5 Å². The number of H-pyrrole nitrogens is 1. The molecule has 0 bridgehead atoms. The van der Waals surface area contributed by atoms with Crippen molar-refractivity contribution < 1.29 is 9.59 Å². The van der Waals surface area contributed by atoms with Crippen molar-refractivity contribution in [2.75, 3.05) is 6.54 Å². The molecule has 3 rings (SSSR count). The molecule has 24 heavy (non-hydrogen) atoms. The fourth-order valence-corrected chi connectivity index (χ4v) is 2.63. The van der Waals surface area contributed by atoms with Crippen molar-refractivity contribution in [3.8, 4) is 0 Å². The molecule has 6 nitrogen and oxygen atoms in total. The Labute approximate surface area is 146 Å². The highest BCUT2D eigenvalue weighted by Gasteiger charge is 2.09. The van der Waals surface area contributed by atoms with Crippen molar-refractivity contribution in [2.24, 2.45) is 0 Å². The molecule has 0 aliphatic carbocycles. The van der Waals surface area contributed by atoms with Crippen molar-refractivity contribution in [3.05, 3.63) is 64.4 Å². The zero-order chi connectivity index (χ0) is 16.9. The number of aromatic amines is 1. The van der Waals surface area contributed by atoms with E-state index in [1.807, 2.05) is 30.3 Å². The maximum atomic E-state index is 12.0. The molecule has 0 aliphatic rings. The van der Waals surface area contributed by atoms with Crippen LogP contribution in [0, 0.1) is 0 Å². The number of amides is 2. The van der Waals surface area contributed by atoms with Gasteiger partial charge in [0, 0.05) is 10.0 Å². The number of rotatable bonds is 5. The van der Waals surface area contributed by atoms with Crippen LogP contribution >= 0.6 is 15.9 Å². The number of imidazole rings is 1. The molecule has 2 amide bonds. The van der Waals surface area contributed by atoms with Crippen LogP contribution in [0.15, 0.2) is 53.0 Å². The van der Waals surface area contributed by atoms with E-state index in [0.29, 0.717) is 11.4 Å². The summed E-state index contributed by atoms with van der Waals surface area (Å²) in [6.07, 6.45) is 0. The van der Waals surface area contributed by atoms with Gasteiger partial charge in [0.25, 0.3) is 5.91 Å². The fraction of sp³-hybridized carbons (Fsp3) is 0.118. The van der Waals surface area contributed by atoms with Crippen molar-refractivity contribution in [1.82, 2.24) is 20.6 Å². The molecule has 3 aromatic rings. The van der Waals surface area contributed by atoms with Gasteiger partial charge < -0.3 is 15.6 Å². The van der Waals surface area contributed by atoms with E-state index in [-0.39, 0.29) is 24.9 Å². The van der Waals surface area contributed by atoms with Crippen molar-refractivity contribution in [1.29, 1.82) is 0 Å². The summed E-state index contributed by atoms with van der Waals surface area (Å²) in [5.74, 6) is 0.0943. The van der Waals surface area contributed by atoms with Crippen LogP contribution in [0.2, 0.25) is 0 Å². The summed E-state index contributed by atoms with van der Waals surface area (Å²) in [6.45, 7) is 0.186. The van der Waals surface area contributed by atoms with Gasteiger partial charge in [-0.05, 0) is 30.3 Å². The molecule has 0 fully saturated rings. The Bertz CT molecular complexity index is 858. The zero-order valence-corrected chi connectivity index (χ0v) is 14.3. The van der Waals surface area contributed by atoms with E-state index in [9.17, 15) is 9.59 Å². The fourth-order valence-electron chi connectivity index (χ4n) is 2.23. The lowest BCUT2D eigenvalue weighted by Gasteiger charge is -2.06. The number of hydrogen-bond acceptors (Lipinski definition) is 3. The number of nitrogens with zero attached hydrogens (tertiary/aromatic N) is 1. The van der Waals surface area contributed by atoms with E-state index < -0.39 is 0 Å². The molecule has 0 aliphatic heterocycles. The SMILES string of the molecule is O=C(CNC(=O)c1cccc(Br)c1)NCc1nc2ccccc2[nH]1. The molecule has 7 heteroatoms. The highest BCUT2D eigenvalue weighted by atomic mass is 79.9. The van der Waals surface area contributed by atoms with Crippen molar-refractivity contribution >= 4 is 38.8 Å². The summed E-state index contributed by atoms with van der Waals surface area (Å²) in [5, 5.41) is 5.31. The van der Waals surface area contributed by atoms with Crippen LogP contribution in [0.5, 0.6) is 0 Å². The van der Waals surface area contributed by atoms with Crippen LogP contribution in [0.4, 0.5) is 0 Å². The molecule has 0 radical (unpaired) electrons. The normalized spacial score (nSPS) is 10.5. The van der Waals surface area contributed by atoms with E-state index in [1.54, 1.807) is 18.2 Å². The monoisotopic (exact) mass is 386 g/mol. The summed E-state index contributed by atoms with van der Waals surface area (Å²) in [5.41, 5.74) is 2.27. The first-order valence-electron chi connectivity index (χ1n) is 7.36. The molecule has 0 saturated heterocycles. The maximum Gasteiger partial charge on any atom is 0.251 e. The Morgan fingerprint density at radius 3 is 2.71 bits per heavy atom. The molecule has 0 saturated carbocycles. The summed E-state index contributed by atoms with van der Waals surface area (Å²) in [4.78, 5) is 31.3. The lowest BCUT2D eigenvalue weighted by atomic mass is 10.2. The van der Waals surface area contributed by atoms with E-state index in [4.69, 9.17) is 0 Å². The average Bonchev–Trinajstić information content (AvgIpc) is 3.00. The maximum absolute atomic E-state index is 12.0. The second-order valence-corrected chi connectivity index (χ2v) is 6.09. The molecule has 0 atom stereocenters. The molecular formula is C17H15BrN4O2. The minimum Gasteiger partial charge on any atom is -0.347 e. The van der Waals surface area contributed by atoms with Crippen molar-refractivity contribution in [3.63, 3.8) is 0 Å². The van der Waals surface area contributed by atoms with Crippen LogP contribution in [0.3, 0.4) is 0 Å². The van der Waals surface area contributed by atoms with E-state index in [1.165, 1.54) is 0 Å². The molecule has 1 heterocycles. The first-order chi connectivity index (χ1) is 11.6. The molecule has 1 aromatic heterocycles. The highest BCUT2D eigenvalue weighted by molar-refractivity contribution is 9.10. The number of nitrogens with one attached hydrogen (secondary N) is 3. The molecule has 0 spiro atoms. The van der Waals surface area contributed by atoms with Gasteiger partial charge >= 0.3 is 0 Å². The Kier molecular flexibility index (Phi) is 4.90. The first kappa shape index (κ1) is 16.2. The van der Waals surface area contributed by atoms with Crippen LogP contribution < -0.4 is 10.6 Å².